The van der Waals surface area contributed by atoms with E-state index in [0.717, 1.165) is 35.4 Å². The fourth-order valence-electron chi connectivity index (χ4n) is 2.91. The van der Waals surface area contributed by atoms with Crippen molar-refractivity contribution in [2.75, 3.05) is 26.4 Å². The number of aromatic nitrogens is 2. The molecule has 2 rings (SSSR count). The van der Waals surface area contributed by atoms with Crippen LogP contribution in [0.25, 0.3) is 0 Å². The largest absolute Gasteiger partial charge is 0.379 e. The minimum absolute atomic E-state index is 0.00311. The van der Waals surface area contributed by atoms with Crippen molar-refractivity contribution in [3.8, 4) is 0 Å². The van der Waals surface area contributed by atoms with Crippen LogP contribution in [0.5, 0.6) is 0 Å². The van der Waals surface area contributed by atoms with Crippen LogP contribution in [0.2, 0.25) is 0 Å². The molecule has 0 radical (unpaired) electrons. The highest BCUT2D eigenvalue weighted by Crippen LogP contribution is 2.29. The van der Waals surface area contributed by atoms with Crippen LogP contribution in [0.15, 0.2) is 21.6 Å². The predicted octanol–water partition coefficient (Wildman–Crippen LogP) is 6.23. The first-order valence-electron chi connectivity index (χ1n) is 10.9. The fraction of sp³-hybridized carbons (Fsp3) is 0.739. The molecule has 168 valence electrons. The maximum Gasteiger partial charge on any atom is 0.127 e. The highest BCUT2D eigenvalue weighted by atomic mass is 16.5. The summed E-state index contributed by atoms with van der Waals surface area (Å²) in [5.41, 5.74) is 4.21. The predicted molar refractivity (Wildman–Crippen MR) is 117 cm³/mol. The molecule has 0 aromatic carbocycles. The molecule has 6 heteroatoms. The van der Waals surface area contributed by atoms with E-state index in [2.05, 4.69) is 31.1 Å². The summed E-state index contributed by atoms with van der Waals surface area (Å²) in [6.07, 6.45) is 5.32. The molecule has 2 heterocycles. The van der Waals surface area contributed by atoms with Crippen molar-refractivity contribution >= 4 is 0 Å². The SMILES string of the molecule is CC.CC.Cc1nocc1C(C)CCOCCOCCC(C)(C)c1conc1C. The Kier molecular flexibility index (Phi) is 14.3. The molecule has 29 heavy (non-hydrogen) atoms. The van der Waals surface area contributed by atoms with E-state index < -0.39 is 0 Å². The van der Waals surface area contributed by atoms with E-state index >= 15 is 0 Å². The van der Waals surface area contributed by atoms with Crippen LogP contribution >= 0.6 is 0 Å². The normalized spacial score (nSPS) is 11.9. The molecule has 0 aliphatic carbocycles. The lowest BCUT2D eigenvalue weighted by atomic mass is 9.82. The third-order valence-electron chi connectivity index (χ3n) is 4.74. The quantitative estimate of drug-likeness (QED) is 0.409. The summed E-state index contributed by atoms with van der Waals surface area (Å²) in [5, 5.41) is 7.87. The number of hydrogen-bond acceptors (Lipinski definition) is 6. The van der Waals surface area contributed by atoms with E-state index in [-0.39, 0.29) is 5.41 Å². The highest BCUT2D eigenvalue weighted by molar-refractivity contribution is 5.22. The summed E-state index contributed by atoms with van der Waals surface area (Å²) in [5.74, 6) is 0.389. The second kappa shape index (κ2) is 15.2. The summed E-state index contributed by atoms with van der Waals surface area (Å²) in [7, 11) is 0. The number of aryl methyl sites for hydroxylation is 2. The molecule has 0 aliphatic rings. The Balaban J connectivity index is 0.00000184. The summed E-state index contributed by atoms with van der Waals surface area (Å²) < 4.78 is 21.4. The standard InChI is InChI=1S/C19H30N2O4.2C2H6/c1-14(17-12-24-20-15(17)2)6-8-22-10-11-23-9-7-19(4,5)18-13-25-21-16(18)3;2*1-2/h12-14H,6-11H2,1-5H3;2*1-2H3. The van der Waals surface area contributed by atoms with Crippen LogP contribution in [-0.4, -0.2) is 36.7 Å². The maximum atomic E-state index is 5.70. The number of ether oxygens (including phenoxy) is 2. The number of nitrogens with zero attached hydrogens (tertiary/aromatic N) is 2. The lowest BCUT2D eigenvalue weighted by Crippen LogP contribution is -2.21. The topological polar surface area (TPSA) is 70.5 Å². The molecule has 2 aromatic heterocycles. The molecule has 0 amide bonds. The van der Waals surface area contributed by atoms with E-state index in [9.17, 15) is 0 Å². The lowest BCUT2D eigenvalue weighted by Gasteiger charge is -2.23. The molecule has 0 saturated heterocycles. The third kappa shape index (κ3) is 9.59. The molecule has 0 aliphatic heterocycles. The van der Waals surface area contributed by atoms with Gasteiger partial charge in [0.25, 0.3) is 0 Å². The van der Waals surface area contributed by atoms with Gasteiger partial charge < -0.3 is 18.5 Å². The van der Waals surface area contributed by atoms with Crippen molar-refractivity contribution in [3.63, 3.8) is 0 Å². The van der Waals surface area contributed by atoms with Crippen molar-refractivity contribution in [1.82, 2.24) is 10.3 Å². The Morgan fingerprint density at radius 3 is 1.93 bits per heavy atom. The monoisotopic (exact) mass is 410 g/mol. The molecular formula is C23H42N2O4. The third-order valence-corrected chi connectivity index (χ3v) is 4.74. The smallest absolute Gasteiger partial charge is 0.127 e. The molecule has 0 fully saturated rings. The van der Waals surface area contributed by atoms with Gasteiger partial charge in [-0.1, -0.05) is 58.8 Å². The van der Waals surface area contributed by atoms with E-state index in [1.54, 1.807) is 12.5 Å². The van der Waals surface area contributed by atoms with Crippen molar-refractivity contribution in [2.24, 2.45) is 0 Å². The fourth-order valence-corrected chi connectivity index (χ4v) is 2.91. The van der Waals surface area contributed by atoms with Crippen LogP contribution in [-0.2, 0) is 14.9 Å². The van der Waals surface area contributed by atoms with E-state index in [1.165, 1.54) is 0 Å². The second-order valence-corrected chi connectivity index (χ2v) is 7.22. The van der Waals surface area contributed by atoms with Gasteiger partial charge in [0.05, 0.1) is 24.6 Å². The molecule has 6 nitrogen and oxygen atoms in total. The molecule has 0 bridgehead atoms. The summed E-state index contributed by atoms with van der Waals surface area (Å²) in [6, 6.07) is 0. The van der Waals surface area contributed by atoms with E-state index in [1.807, 2.05) is 41.5 Å². The minimum Gasteiger partial charge on any atom is -0.379 e. The molecule has 0 saturated carbocycles. The van der Waals surface area contributed by atoms with Gasteiger partial charge in [-0.15, -0.1) is 0 Å². The van der Waals surface area contributed by atoms with Gasteiger partial charge in [0, 0.05) is 24.3 Å². The summed E-state index contributed by atoms with van der Waals surface area (Å²) >= 11 is 0. The average Bonchev–Trinajstić information content (AvgIpc) is 3.35. The van der Waals surface area contributed by atoms with Gasteiger partial charge in [-0.2, -0.15) is 0 Å². The molecule has 1 atom stereocenters. The Labute approximate surface area is 177 Å². The van der Waals surface area contributed by atoms with Gasteiger partial charge in [0.1, 0.15) is 12.5 Å². The molecular weight excluding hydrogens is 368 g/mol. The van der Waals surface area contributed by atoms with Crippen LogP contribution < -0.4 is 0 Å². The van der Waals surface area contributed by atoms with Gasteiger partial charge in [-0.3, -0.25) is 0 Å². The highest BCUT2D eigenvalue weighted by Gasteiger charge is 2.24. The number of hydrogen-bond donors (Lipinski definition) is 0. The van der Waals surface area contributed by atoms with Gasteiger partial charge >= 0.3 is 0 Å². The van der Waals surface area contributed by atoms with Crippen LogP contribution in [0, 0.1) is 13.8 Å². The summed E-state index contributed by atoms with van der Waals surface area (Å²) in [4.78, 5) is 0. The number of rotatable bonds is 11. The Hall–Kier alpha value is -1.66. The second-order valence-electron chi connectivity index (χ2n) is 7.22. The zero-order chi connectivity index (χ0) is 22.3. The maximum absolute atomic E-state index is 5.70. The first-order valence-corrected chi connectivity index (χ1v) is 10.9. The summed E-state index contributed by atoms with van der Waals surface area (Å²) in [6.45, 7) is 21.1. The van der Waals surface area contributed by atoms with E-state index in [4.69, 9.17) is 18.5 Å². The molecule has 0 spiro atoms. The minimum atomic E-state index is -0.00311. The van der Waals surface area contributed by atoms with Crippen LogP contribution in [0.4, 0.5) is 0 Å². The van der Waals surface area contributed by atoms with Crippen LogP contribution in [0.3, 0.4) is 0 Å². The van der Waals surface area contributed by atoms with Crippen molar-refractivity contribution in [1.29, 1.82) is 0 Å². The Morgan fingerprint density at radius 1 is 0.862 bits per heavy atom. The Bertz CT molecular complexity index is 634. The van der Waals surface area contributed by atoms with Crippen molar-refractivity contribution < 1.29 is 18.5 Å². The van der Waals surface area contributed by atoms with Crippen LogP contribution in [0.1, 0.15) is 89.7 Å². The molecule has 1 unspecified atom stereocenters. The average molecular weight is 411 g/mol. The van der Waals surface area contributed by atoms with Crippen molar-refractivity contribution in [2.45, 2.75) is 86.5 Å². The molecule has 2 aromatic rings. The molecule has 0 N–H and O–H groups in total. The van der Waals surface area contributed by atoms with Gasteiger partial charge in [0.2, 0.25) is 0 Å². The first-order chi connectivity index (χ1) is 13.9. The zero-order valence-electron chi connectivity index (χ0n) is 20.0. The zero-order valence-corrected chi connectivity index (χ0v) is 20.0. The van der Waals surface area contributed by atoms with Gasteiger partial charge in [0.15, 0.2) is 0 Å². The van der Waals surface area contributed by atoms with Gasteiger partial charge in [-0.25, -0.2) is 0 Å². The first kappa shape index (κ1) is 27.3. The van der Waals surface area contributed by atoms with Crippen molar-refractivity contribution in [3.05, 3.63) is 35.0 Å². The Morgan fingerprint density at radius 2 is 1.41 bits per heavy atom. The lowest BCUT2D eigenvalue weighted by molar-refractivity contribution is 0.0401. The van der Waals surface area contributed by atoms with E-state index in [0.29, 0.717) is 32.3 Å². The van der Waals surface area contributed by atoms with Gasteiger partial charge in [-0.05, 0) is 38.0 Å².